The number of hydrogen-bond donors (Lipinski definition) is 0. The largest absolute Gasteiger partial charge is 0.497 e. The minimum atomic E-state index is -0.333. The van der Waals surface area contributed by atoms with Gasteiger partial charge in [-0.3, -0.25) is 14.3 Å². The van der Waals surface area contributed by atoms with Crippen LogP contribution in [0, 0.1) is 0 Å². The SMILES string of the molecule is CCc1cnn(Cc2ccc(OC)cc2)c1C(=O)CSCC(=O)OC.O=C=O. The number of benzene rings is 1. The zero-order valence-corrected chi connectivity index (χ0v) is 16.8. The Morgan fingerprint density at radius 3 is 2.32 bits per heavy atom. The van der Waals surface area contributed by atoms with Gasteiger partial charge in [-0.15, -0.1) is 11.8 Å². The van der Waals surface area contributed by atoms with E-state index in [1.807, 2.05) is 31.2 Å². The number of thioether (sulfide) groups is 1. The molecule has 28 heavy (non-hydrogen) atoms. The maximum absolute atomic E-state index is 12.6. The number of aromatic nitrogens is 2. The summed E-state index contributed by atoms with van der Waals surface area (Å²) in [6.07, 6.45) is 2.72. The minimum absolute atomic E-state index is 0.0308. The molecule has 9 heteroatoms. The molecule has 150 valence electrons. The van der Waals surface area contributed by atoms with Crippen LogP contribution in [0.5, 0.6) is 5.75 Å². The number of methoxy groups -OCH3 is 2. The first kappa shape index (κ1) is 23.1. The van der Waals surface area contributed by atoms with E-state index in [1.54, 1.807) is 18.0 Å². The number of nitrogens with zero attached hydrogens (tertiary/aromatic N) is 2. The second kappa shape index (κ2) is 12.5. The summed E-state index contributed by atoms with van der Waals surface area (Å²) in [6.45, 7) is 2.50. The van der Waals surface area contributed by atoms with Crippen molar-refractivity contribution in [3.05, 3.63) is 47.3 Å². The second-order valence-electron chi connectivity index (χ2n) is 5.45. The molecular formula is C19H22N2O6S. The van der Waals surface area contributed by atoms with Gasteiger partial charge in [0.1, 0.15) is 11.4 Å². The first-order valence-electron chi connectivity index (χ1n) is 8.35. The molecule has 2 aromatic rings. The van der Waals surface area contributed by atoms with Crippen LogP contribution >= 0.6 is 11.8 Å². The molecule has 1 aromatic heterocycles. The Hall–Kier alpha value is -2.90. The molecule has 0 spiro atoms. The van der Waals surface area contributed by atoms with Gasteiger partial charge in [-0.1, -0.05) is 19.1 Å². The average Bonchev–Trinajstić information content (AvgIpc) is 3.11. The Balaban J connectivity index is 0.00000122. The van der Waals surface area contributed by atoms with Crippen molar-refractivity contribution in [3.8, 4) is 5.75 Å². The quantitative estimate of drug-likeness (QED) is 0.460. The van der Waals surface area contributed by atoms with Crippen LogP contribution in [0.4, 0.5) is 0 Å². The maximum Gasteiger partial charge on any atom is 0.373 e. The summed E-state index contributed by atoms with van der Waals surface area (Å²) < 4.78 is 11.5. The number of carbonyl (C=O) groups excluding carboxylic acids is 4. The van der Waals surface area contributed by atoms with E-state index in [-0.39, 0.29) is 29.4 Å². The van der Waals surface area contributed by atoms with Gasteiger partial charge in [0.05, 0.1) is 38.5 Å². The predicted octanol–water partition coefficient (Wildman–Crippen LogP) is 2.01. The van der Waals surface area contributed by atoms with Gasteiger partial charge in [0.2, 0.25) is 0 Å². The summed E-state index contributed by atoms with van der Waals surface area (Å²) in [7, 11) is 2.96. The van der Waals surface area contributed by atoms with Gasteiger partial charge >= 0.3 is 12.1 Å². The molecule has 0 aliphatic heterocycles. The highest BCUT2D eigenvalue weighted by Gasteiger charge is 2.18. The van der Waals surface area contributed by atoms with Gasteiger partial charge in [0.15, 0.2) is 5.78 Å². The summed E-state index contributed by atoms with van der Waals surface area (Å²) in [6, 6.07) is 7.67. The van der Waals surface area contributed by atoms with Crippen molar-refractivity contribution < 1.29 is 28.7 Å². The van der Waals surface area contributed by atoms with Gasteiger partial charge < -0.3 is 9.47 Å². The standard InChI is InChI=1S/C18H22N2O4S.CO2/c1-4-14-9-19-20(10-13-5-7-15(23-2)8-6-13)18(14)16(21)11-25-12-17(22)24-3;2-1-3/h5-9H,4,10-12H2,1-3H3;. The molecule has 0 saturated carbocycles. The smallest absolute Gasteiger partial charge is 0.373 e. The molecule has 2 rings (SSSR count). The van der Waals surface area contributed by atoms with Crippen molar-refractivity contribution in [1.29, 1.82) is 0 Å². The van der Waals surface area contributed by atoms with E-state index in [4.69, 9.17) is 14.3 Å². The molecule has 0 unspecified atom stereocenters. The fourth-order valence-electron chi connectivity index (χ4n) is 2.38. The molecule has 0 radical (unpaired) electrons. The van der Waals surface area contributed by atoms with Crippen LogP contribution in [-0.4, -0.2) is 53.4 Å². The number of rotatable bonds is 9. The van der Waals surface area contributed by atoms with E-state index >= 15 is 0 Å². The Morgan fingerprint density at radius 1 is 1.14 bits per heavy atom. The van der Waals surface area contributed by atoms with Crippen molar-refractivity contribution in [1.82, 2.24) is 9.78 Å². The molecule has 0 atom stereocenters. The number of hydrogen-bond acceptors (Lipinski definition) is 8. The lowest BCUT2D eigenvalue weighted by atomic mass is 10.1. The molecule has 1 aromatic carbocycles. The molecule has 0 aliphatic rings. The van der Waals surface area contributed by atoms with E-state index in [1.165, 1.54) is 18.9 Å². The highest BCUT2D eigenvalue weighted by atomic mass is 32.2. The highest BCUT2D eigenvalue weighted by Crippen LogP contribution is 2.17. The summed E-state index contributed by atoms with van der Waals surface area (Å²) >= 11 is 1.25. The Kier molecular flexibility index (Phi) is 10.3. The zero-order valence-electron chi connectivity index (χ0n) is 16.0. The van der Waals surface area contributed by atoms with Gasteiger partial charge in [0.25, 0.3) is 0 Å². The van der Waals surface area contributed by atoms with E-state index < -0.39 is 0 Å². The lowest BCUT2D eigenvalue weighted by Gasteiger charge is -2.09. The van der Waals surface area contributed by atoms with E-state index in [9.17, 15) is 9.59 Å². The van der Waals surface area contributed by atoms with E-state index in [2.05, 4.69) is 9.84 Å². The third kappa shape index (κ3) is 7.02. The van der Waals surface area contributed by atoms with Crippen molar-refractivity contribution in [2.75, 3.05) is 25.7 Å². The molecule has 0 aliphatic carbocycles. The number of carbonyl (C=O) groups is 2. The fourth-order valence-corrected chi connectivity index (χ4v) is 3.09. The Bertz CT molecular complexity index is 810. The molecule has 8 nitrogen and oxygen atoms in total. The normalized spacial score (nSPS) is 9.68. The number of aryl methyl sites for hydroxylation is 1. The van der Waals surface area contributed by atoms with Crippen LogP contribution in [0.1, 0.15) is 28.5 Å². The first-order valence-corrected chi connectivity index (χ1v) is 9.50. The van der Waals surface area contributed by atoms with Gasteiger partial charge in [-0.25, -0.2) is 0 Å². The molecule has 0 saturated heterocycles. The molecule has 0 fully saturated rings. The summed E-state index contributed by atoms with van der Waals surface area (Å²) in [4.78, 5) is 40.0. The molecule has 0 bridgehead atoms. The third-order valence-electron chi connectivity index (χ3n) is 3.73. The van der Waals surface area contributed by atoms with Crippen LogP contribution in [0.25, 0.3) is 0 Å². The number of esters is 1. The van der Waals surface area contributed by atoms with Crippen molar-refractivity contribution in [2.45, 2.75) is 19.9 Å². The molecule has 0 N–H and O–H groups in total. The van der Waals surface area contributed by atoms with Gasteiger partial charge in [-0.2, -0.15) is 14.7 Å². The first-order chi connectivity index (χ1) is 13.5. The molecule has 1 heterocycles. The fraction of sp³-hybridized carbons (Fsp3) is 0.368. The number of ketones is 1. The molecule has 0 amide bonds. The van der Waals surface area contributed by atoms with Gasteiger partial charge in [-0.05, 0) is 24.1 Å². The lowest BCUT2D eigenvalue weighted by Crippen LogP contribution is -2.16. The van der Waals surface area contributed by atoms with Crippen molar-refractivity contribution >= 4 is 29.7 Å². The topological polar surface area (TPSA) is 105 Å². The summed E-state index contributed by atoms with van der Waals surface area (Å²) in [5, 5.41) is 4.37. The van der Waals surface area contributed by atoms with Crippen LogP contribution in [0.2, 0.25) is 0 Å². The average molecular weight is 406 g/mol. The van der Waals surface area contributed by atoms with Crippen molar-refractivity contribution in [2.24, 2.45) is 0 Å². The Morgan fingerprint density at radius 2 is 1.79 bits per heavy atom. The molecular weight excluding hydrogens is 384 g/mol. The van der Waals surface area contributed by atoms with Crippen LogP contribution in [0.15, 0.2) is 30.5 Å². The van der Waals surface area contributed by atoms with Crippen LogP contribution in [-0.2, 0) is 32.1 Å². The lowest BCUT2D eigenvalue weighted by molar-refractivity contribution is -0.191. The number of ether oxygens (including phenoxy) is 2. The summed E-state index contributed by atoms with van der Waals surface area (Å²) in [5.74, 6) is 0.804. The maximum atomic E-state index is 12.6. The Labute approximate surface area is 167 Å². The monoisotopic (exact) mass is 406 g/mol. The summed E-state index contributed by atoms with van der Waals surface area (Å²) in [5.41, 5.74) is 2.55. The zero-order chi connectivity index (χ0) is 20.9. The second-order valence-corrected chi connectivity index (χ2v) is 6.44. The third-order valence-corrected chi connectivity index (χ3v) is 4.64. The van der Waals surface area contributed by atoms with Gasteiger partial charge in [0, 0.05) is 5.56 Å². The minimum Gasteiger partial charge on any atom is -0.497 e. The van der Waals surface area contributed by atoms with E-state index in [0.717, 1.165) is 23.3 Å². The van der Waals surface area contributed by atoms with Crippen molar-refractivity contribution in [3.63, 3.8) is 0 Å². The number of Topliss-reactive ketones (excluding diaryl/α,β-unsaturated/α-hetero) is 1. The highest BCUT2D eigenvalue weighted by molar-refractivity contribution is 8.00. The van der Waals surface area contributed by atoms with Crippen LogP contribution < -0.4 is 4.74 Å². The van der Waals surface area contributed by atoms with Crippen LogP contribution in [0.3, 0.4) is 0 Å². The predicted molar refractivity (Wildman–Crippen MR) is 102 cm³/mol. The van der Waals surface area contributed by atoms with E-state index in [0.29, 0.717) is 12.2 Å².